The minimum absolute atomic E-state index is 0.0935. The summed E-state index contributed by atoms with van der Waals surface area (Å²) < 4.78 is 5.88. The van der Waals surface area contributed by atoms with Gasteiger partial charge in [-0.2, -0.15) is 0 Å². The SMILES string of the molecule is CCc1ccc(CC)c(CNC(=O)[C@H](CC)Oc2ccc(Cl)c(C)c2)c1. The third-order valence-corrected chi connectivity index (χ3v) is 5.01. The molecule has 2 rings (SSSR count). The molecule has 1 N–H and O–H groups in total. The van der Waals surface area contributed by atoms with Gasteiger partial charge in [-0.25, -0.2) is 0 Å². The third kappa shape index (κ3) is 5.25. The van der Waals surface area contributed by atoms with Gasteiger partial charge in [-0.05, 0) is 66.6 Å². The Morgan fingerprint density at radius 1 is 1.08 bits per heavy atom. The van der Waals surface area contributed by atoms with E-state index in [1.54, 1.807) is 12.1 Å². The summed E-state index contributed by atoms with van der Waals surface area (Å²) in [6.45, 7) is 8.66. The van der Waals surface area contributed by atoms with Crippen LogP contribution in [0.15, 0.2) is 36.4 Å². The van der Waals surface area contributed by atoms with Gasteiger partial charge < -0.3 is 10.1 Å². The van der Waals surface area contributed by atoms with Crippen LogP contribution in [0.3, 0.4) is 0 Å². The molecule has 0 aliphatic carbocycles. The second kappa shape index (κ2) is 9.63. The van der Waals surface area contributed by atoms with Gasteiger partial charge in [0.25, 0.3) is 5.91 Å². The highest BCUT2D eigenvalue weighted by molar-refractivity contribution is 6.31. The minimum atomic E-state index is -0.519. The molecule has 0 aliphatic heterocycles. The zero-order valence-corrected chi connectivity index (χ0v) is 16.8. The average molecular weight is 374 g/mol. The maximum Gasteiger partial charge on any atom is 0.261 e. The number of aryl methyl sites for hydroxylation is 3. The number of amides is 1. The molecule has 0 heterocycles. The molecule has 140 valence electrons. The van der Waals surface area contributed by atoms with Gasteiger partial charge in [0.15, 0.2) is 6.10 Å². The van der Waals surface area contributed by atoms with Gasteiger partial charge in [-0.1, -0.05) is 50.6 Å². The molecule has 1 amide bonds. The summed E-state index contributed by atoms with van der Waals surface area (Å²) in [6.07, 6.45) is 2.02. The number of nitrogens with one attached hydrogen (secondary N) is 1. The molecule has 4 heteroatoms. The first-order chi connectivity index (χ1) is 12.5. The lowest BCUT2D eigenvalue weighted by atomic mass is 10.0. The predicted octanol–water partition coefficient (Wildman–Crippen LogP) is 5.25. The Labute approximate surface area is 161 Å². The Balaban J connectivity index is 2.04. The summed E-state index contributed by atoms with van der Waals surface area (Å²) in [5.41, 5.74) is 4.66. The van der Waals surface area contributed by atoms with Gasteiger partial charge in [0.05, 0.1) is 0 Å². The molecule has 0 aliphatic rings. The normalized spacial score (nSPS) is 11.9. The van der Waals surface area contributed by atoms with E-state index in [1.165, 1.54) is 16.7 Å². The summed E-state index contributed by atoms with van der Waals surface area (Å²) in [5.74, 6) is 0.570. The first kappa shape index (κ1) is 20.3. The van der Waals surface area contributed by atoms with Crippen molar-refractivity contribution in [3.63, 3.8) is 0 Å². The molecule has 26 heavy (non-hydrogen) atoms. The Bertz CT molecular complexity index is 758. The van der Waals surface area contributed by atoms with Gasteiger partial charge >= 0.3 is 0 Å². The van der Waals surface area contributed by atoms with E-state index in [-0.39, 0.29) is 5.91 Å². The van der Waals surface area contributed by atoms with E-state index in [4.69, 9.17) is 16.3 Å². The topological polar surface area (TPSA) is 38.3 Å². The zero-order valence-electron chi connectivity index (χ0n) is 16.1. The highest BCUT2D eigenvalue weighted by Crippen LogP contribution is 2.22. The number of benzene rings is 2. The number of halogens is 1. The number of ether oxygens (including phenoxy) is 1. The molecule has 0 fully saturated rings. The summed E-state index contributed by atoms with van der Waals surface area (Å²) in [4.78, 5) is 12.6. The monoisotopic (exact) mass is 373 g/mol. The van der Waals surface area contributed by atoms with Crippen LogP contribution in [0.1, 0.15) is 49.4 Å². The van der Waals surface area contributed by atoms with Crippen LogP contribution in [-0.4, -0.2) is 12.0 Å². The van der Waals surface area contributed by atoms with Crippen LogP contribution in [0.25, 0.3) is 0 Å². The highest BCUT2D eigenvalue weighted by atomic mass is 35.5. The molecule has 2 aromatic carbocycles. The molecule has 0 bridgehead atoms. The quantitative estimate of drug-likeness (QED) is 0.686. The van der Waals surface area contributed by atoms with Crippen LogP contribution in [0.4, 0.5) is 0 Å². The fourth-order valence-electron chi connectivity index (χ4n) is 2.88. The molecule has 0 aromatic heterocycles. The zero-order chi connectivity index (χ0) is 19.1. The maximum absolute atomic E-state index is 12.6. The molecule has 0 saturated carbocycles. The summed E-state index contributed by atoms with van der Waals surface area (Å²) in [6, 6.07) is 11.9. The van der Waals surface area contributed by atoms with Crippen LogP contribution in [0.2, 0.25) is 5.02 Å². The Morgan fingerprint density at radius 2 is 1.85 bits per heavy atom. The van der Waals surface area contributed by atoms with Crippen LogP contribution in [0, 0.1) is 6.92 Å². The van der Waals surface area contributed by atoms with E-state index in [0.717, 1.165) is 18.4 Å². The number of carbonyl (C=O) groups excluding carboxylic acids is 1. The lowest BCUT2D eigenvalue weighted by molar-refractivity contribution is -0.128. The fourth-order valence-corrected chi connectivity index (χ4v) is 3.00. The van der Waals surface area contributed by atoms with Crippen molar-refractivity contribution in [2.75, 3.05) is 0 Å². The van der Waals surface area contributed by atoms with Gasteiger partial charge in [0, 0.05) is 11.6 Å². The summed E-state index contributed by atoms with van der Waals surface area (Å²) >= 11 is 6.05. The highest BCUT2D eigenvalue weighted by Gasteiger charge is 2.18. The number of rotatable bonds is 8. The first-order valence-electron chi connectivity index (χ1n) is 9.29. The average Bonchev–Trinajstić information content (AvgIpc) is 2.66. The molecule has 0 saturated heterocycles. The molecule has 0 spiro atoms. The summed E-state index contributed by atoms with van der Waals surface area (Å²) in [5, 5.41) is 3.72. The van der Waals surface area contributed by atoms with Crippen molar-refractivity contribution in [3.8, 4) is 5.75 Å². The van der Waals surface area contributed by atoms with Crippen molar-refractivity contribution in [3.05, 3.63) is 63.7 Å². The van der Waals surface area contributed by atoms with Gasteiger partial charge in [-0.3, -0.25) is 4.79 Å². The maximum atomic E-state index is 12.6. The van der Waals surface area contributed by atoms with E-state index in [1.807, 2.05) is 19.9 Å². The second-order valence-corrected chi connectivity index (χ2v) is 6.86. The van der Waals surface area contributed by atoms with Crippen molar-refractivity contribution in [2.45, 2.75) is 59.6 Å². The Kier molecular flexibility index (Phi) is 7.52. The van der Waals surface area contributed by atoms with Crippen LogP contribution < -0.4 is 10.1 Å². The Hall–Kier alpha value is -2.00. The number of hydrogen-bond donors (Lipinski definition) is 1. The molecule has 0 radical (unpaired) electrons. The van der Waals surface area contributed by atoms with Crippen LogP contribution in [-0.2, 0) is 24.2 Å². The van der Waals surface area contributed by atoms with Gasteiger partial charge in [0.1, 0.15) is 5.75 Å². The van der Waals surface area contributed by atoms with Crippen molar-refractivity contribution in [1.29, 1.82) is 0 Å². The molecular formula is C22H28ClNO2. The standard InChI is InChI=1S/C22H28ClNO2/c1-5-16-8-9-17(6-2)18(13-16)14-24-22(25)21(7-3)26-19-10-11-20(23)15(4)12-19/h8-13,21H,5-7,14H2,1-4H3,(H,24,25)/t21-/m0/s1. The van der Waals surface area contributed by atoms with Gasteiger partial charge in [0.2, 0.25) is 0 Å². The predicted molar refractivity (Wildman–Crippen MR) is 108 cm³/mol. The largest absolute Gasteiger partial charge is 0.481 e. The van der Waals surface area contributed by atoms with Crippen molar-refractivity contribution in [1.82, 2.24) is 5.32 Å². The molecule has 3 nitrogen and oxygen atoms in total. The number of hydrogen-bond acceptors (Lipinski definition) is 2. The van der Waals surface area contributed by atoms with E-state index in [2.05, 4.69) is 37.4 Å². The van der Waals surface area contributed by atoms with E-state index in [0.29, 0.717) is 23.7 Å². The smallest absolute Gasteiger partial charge is 0.261 e. The van der Waals surface area contributed by atoms with Crippen molar-refractivity contribution < 1.29 is 9.53 Å². The lowest BCUT2D eigenvalue weighted by Gasteiger charge is -2.18. The number of carbonyl (C=O) groups is 1. The van der Waals surface area contributed by atoms with Crippen molar-refractivity contribution in [2.24, 2.45) is 0 Å². The van der Waals surface area contributed by atoms with Gasteiger partial charge in [-0.15, -0.1) is 0 Å². The first-order valence-corrected chi connectivity index (χ1v) is 9.67. The lowest BCUT2D eigenvalue weighted by Crippen LogP contribution is -2.37. The van der Waals surface area contributed by atoms with Crippen LogP contribution >= 0.6 is 11.6 Å². The minimum Gasteiger partial charge on any atom is -0.481 e. The van der Waals surface area contributed by atoms with E-state index in [9.17, 15) is 4.79 Å². The molecular weight excluding hydrogens is 346 g/mol. The molecule has 1 atom stereocenters. The molecule has 0 unspecified atom stereocenters. The second-order valence-electron chi connectivity index (χ2n) is 6.45. The molecule has 2 aromatic rings. The fraction of sp³-hybridized carbons (Fsp3) is 0.409. The van der Waals surface area contributed by atoms with Crippen molar-refractivity contribution >= 4 is 17.5 Å². The van der Waals surface area contributed by atoms with Crippen LogP contribution in [0.5, 0.6) is 5.75 Å². The summed E-state index contributed by atoms with van der Waals surface area (Å²) in [7, 11) is 0. The van der Waals surface area contributed by atoms with E-state index < -0.39 is 6.10 Å². The third-order valence-electron chi connectivity index (χ3n) is 4.58. The Morgan fingerprint density at radius 3 is 2.46 bits per heavy atom. The van der Waals surface area contributed by atoms with E-state index >= 15 is 0 Å².